The van der Waals surface area contributed by atoms with Gasteiger partial charge in [-0.15, -0.1) is 0 Å². The zero-order chi connectivity index (χ0) is 11.6. The van der Waals surface area contributed by atoms with Gasteiger partial charge in [-0.3, -0.25) is 4.79 Å². The standard InChI is InChI=1S/C8H15NO6/c1-3(11)9-5-7(13)6(12)4(2-10)15-8(5)14/h4-8,10,12-14H,2H2,1H3,(H,9,11)/t4-,5+,6+,7-,8-/m0/s1. The van der Waals surface area contributed by atoms with Crippen molar-refractivity contribution in [3.63, 3.8) is 0 Å². The van der Waals surface area contributed by atoms with Gasteiger partial charge in [-0.25, -0.2) is 0 Å². The van der Waals surface area contributed by atoms with Crippen LogP contribution in [0.1, 0.15) is 6.92 Å². The minimum Gasteiger partial charge on any atom is -0.394 e. The molecule has 88 valence electrons. The van der Waals surface area contributed by atoms with E-state index in [2.05, 4.69) is 5.32 Å². The summed E-state index contributed by atoms with van der Waals surface area (Å²) in [5.74, 6) is -0.462. The average molecular weight is 221 g/mol. The Bertz CT molecular complexity index is 235. The molecule has 1 aliphatic heterocycles. The summed E-state index contributed by atoms with van der Waals surface area (Å²) in [4.78, 5) is 10.7. The molecule has 15 heavy (non-hydrogen) atoms. The van der Waals surface area contributed by atoms with E-state index < -0.39 is 43.2 Å². The van der Waals surface area contributed by atoms with Gasteiger partial charge >= 0.3 is 0 Å². The maximum absolute atomic E-state index is 10.7. The number of carbonyl (C=O) groups excluding carboxylic acids is 1. The first-order valence-corrected chi connectivity index (χ1v) is 4.55. The maximum atomic E-state index is 10.7. The van der Waals surface area contributed by atoms with Crippen LogP contribution in [0.4, 0.5) is 0 Å². The van der Waals surface area contributed by atoms with E-state index in [0.29, 0.717) is 0 Å². The molecule has 0 radical (unpaired) electrons. The zero-order valence-electron chi connectivity index (χ0n) is 8.20. The smallest absolute Gasteiger partial charge is 0.217 e. The summed E-state index contributed by atoms with van der Waals surface area (Å²) in [5.41, 5.74) is 0. The molecule has 1 fully saturated rings. The van der Waals surface area contributed by atoms with Gasteiger partial charge in [0, 0.05) is 6.92 Å². The van der Waals surface area contributed by atoms with E-state index in [4.69, 9.17) is 9.84 Å². The Balaban J connectivity index is 2.70. The van der Waals surface area contributed by atoms with Crippen molar-refractivity contribution in [1.82, 2.24) is 5.32 Å². The van der Waals surface area contributed by atoms with E-state index >= 15 is 0 Å². The SMILES string of the molecule is CC(=O)N[C@@H]1[C@H](O)[C@H](O)[C@H](CO)O[C@@H]1O. The summed E-state index contributed by atoms with van der Waals surface area (Å²) < 4.78 is 4.81. The topological polar surface area (TPSA) is 119 Å². The van der Waals surface area contributed by atoms with Crippen LogP contribution in [0.15, 0.2) is 0 Å². The predicted molar refractivity (Wildman–Crippen MR) is 47.6 cm³/mol. The third-order valence-electron chi connectivity index (χ3n) is 2.27. The van der Waals surface area contributed by atoms with Crippen molar-refractivity contribution in [2.75, 3.05) is 6.61 Å². The minimum absolute atomic E-state index is 0.462. The third-order valence-corrected chi connectivity index (χ3v) is 2.27. The first-order valence-electron chi connectivity index (χ1n) is 4.55. The van der Waals surface area contributed by atoms with Gasteiger partial charge in [0.2, 0.25) is 5.91 Å². The molecular weight excluding hydrogens is 206 g/mol. The Labute approximate surface area is 86.3 Å². The lowest BCUT2D eigenvalue weighted by Gasteiger charge is -2.40. The molecule has 0 unspecified atom stereocenters. The lowest BCUT2D eigenvalue weighted by molar-refractivity contribution is -0.253. The average Bonchev–Trinajstić information content (AvgIpc) is 2.18. The monoisotopic (exact) mass is 221 g/mol. The molecular formula is C8H15NO6. The Morgan fingerprint density at radius 2 is 1.93 bits per heavy atom. The number of amides is 1. The van der Waals surface area contributed by atoms with Gasteiger partial charge in [0.05, 0.1) is 6.61 Å². The van der Waals surface area contributed by atoms with Crippen molar-refractivity contribution in [2.24, 2.45) is 0 Å². The molecule has 7 heteroatoms. The molecule has 0 aliphatic carbocycles. The number of carbonyl (C=O) groups is 1. The molecule has 5 N–H and O–H groups in total. The van der Waals surface area contributed by atoms with Crippen LogP contribution in [0.3, 0.4) is 0 Å². The van der Waals surface area contributed by atoms with Crippen LogP contribution in [0.5, 0.6) is 0 Å². The summed E-state index contributed by atoms with van der Waals surface area (Å²) in [6.45, 7) is 0.687. The van der Waals surface area contributed by atoms with E-state index in [1.165, 1.54) is 6.92 Å². The van der Waals surface area contributed by atoms with Crippen LogP contribution in [0, 0.1) is 0 Å². The Hall–Kier alpha value is -0.730. The van der Waals surface area contributed by atoms with Crippen LogP contribution in [0.2, 0.25) is 0 Å². The second-order valence-corrected chi connectivity index (χ2v) is 3.46. The molecule has 1 rings (SSSR count). The minimum atomic E-state index is -1.45. The molecule has 0 aromatic carbocycles. The van der Waals surface area contributed by atoms with Crippen LogP contribution < -0.4 is 5.32 Å². The van der Waals surface area contributed by atoms with Crippen molar-refractivity contribution in [1.29, 1.82) is 0 Å². The molecule has 0 saturated carbocycles. The fraction of sp³-hybridized carbons (Fsp3) is 0.875. The molecule has 1 saturated heterocycles. The van der Waals surface area contributed by atoms with Crippen molar-refractivity contribution in [3.8, 4) is 0 Å². The lowest BCUT2D eigenvalue weighted by atomic mass is 9.97. The fourth-order valence-electron chi connectivity index (χ4n) is 1.49. The number of hydrogen-bond acceptors (Lipinski definition) is 6. The Morgan fingerprint density at radius 3 is 2.40 bits per heavy atom. The summed E-state index contributed by atoms with van der Waals surface area (Å²) in [7, 11) is 0. The molecule has 0 spiro atoms. The zero-order valence-corrected chi connectivity index (χ0v) is 8.20. The van der Waals surface area contributed by atoms with Gasteiger partial charge in [0.15, 0.2) is 6.29 Å². The highest BCUT2D eigenvalue weighted by Gasteiger charge is 2.43. The molecule has 1 heterocycles. The number of hydrogen-bond donors (Lipinski definition) is 5. The highest BCUT2D eigenvalue weighted by molar-refractivity contribution is 5.73. The van der Waals surface area contributed by atoms with E-state index in [1.807, 2.05) is 0 Å². The predicted octanol–water partition coefficient (Wildman–Crippen LogP) is -3.08. The summed E-state index contributed by atoms with van der Waals surface area (Å²) >= 11 is 0. The van der Waals surface area contributed by atoms with Gasteiger partial charge in [-0.1, -0.05) is 0 Å². The molecule has 0 aromatic heterocycles. The van der Waals surface area contributed by atoms with Crippen molar-refractivity contribution in [2.45, 2.75) is 37.6 Å². The van der Waals surface area contributed by atoms with Crippen LogP contribution in [-0.2, 0) is 9.53 Å². The highest BCUT2D eigenvalue weighted by Crippen LogP contribution is 2.19. The van der Waals surface area contributed by atoms with Gasteiger partial charge < -0.3 is 30.5 Å². The Kier molecular flexibility index (Phi) is 4.00. The van der Waals surface area contributed by atoms with E-state index in [0.717, 1.165) is 0 Å². The third kappa shape index (κ3) is 2.64. The molecule has 1 amide bonds. The summed E-state index contributed by atoms with van der Waals surface area (Å²) in [5, 5.41) is 39.4. The number of rotatable bonds is 2. The lowest BCUT2D eigenvalue weighted by Crippen LogP contribution is -2.63. The van der Waals surface area contributed by atoms with E-state index in [9.17, 15) is 20.1 Å². The molecule has 0 aromatic rings. The van der Waals surface area contributed by atoms with Crippen molar-refractivity contribution < 1.29 is 30.0 Å². The number of aliphatic hydroxyl groups is 4. The van der Waals surface area contributed by atoms with Crippen molar-refractivity contribution >= 4 is 5.91 Å². The quantitative estimate of drug-likeness (QED) is 0.337. The van der Waals surface area contributed by atoms with Gasteiger partial charge in [0.1, 0.15) is 24.4 Å². The highest BCUT2D eigenvalue weighted by atomic mass is 16.6. The first kappa shape index (κ1) is 12.3. The maximum Gasteiger partial charge on any atom is 0.217 e. The summed E-state index contributed by atoms with van der Waals surface area (Å²) in [6, 6.07) is -1.10. The van der Waals surface area contributed by atoms with Crippen molar-refractivity contribution in [3.05, 3.63) is 0 Å². The molecule has 5 atom stereocenters. The largest absolute Gasteiger partial charge is 0.394 e. The van der Waals surface area contributed by atoms with Crippen LogP contribution in [-0.4, -0.2) is 63.6 Å². The first-order chi connectivity index (χ1) is 6.97. The van der Waals surface area contributed by atoms with Crippen LogP contribution >= 0.6 is 0 Å². The molecule has 0 bridgehead atoms. The van der Waals surface area contributed by atoms with Crippen LogP contribution in [0.25, 0.3) is 0 Å². The number of nitrogens with one attached hydrogen (secondary N) is 1. The van der Waals surface area contributed by atoms with E-state index in [-0.39, 0.29) is 0 Å². The number of ether oxygens (including phenoxy) is 1. The fourth-order valence-corrected chi connectivity index (χ4v) is 1.49. The molecule has 1 aliphatic rings. The van der Waals surface area contributed by atoms with E-state index in [1.54, 1.807) is 0 Å². The van der Waals surface area contributed by atoms with Gasteiger partial charge in [0.25, 0.3) is 0 Å². The molecule has 7 nitrogen and oxygen atoms in total. The van der Waals surface area contributed by atoms with Gasteiger partial charge in [-0.05, 0) is 0 Å². The normalized spacial score (nSPS) is 41.3. The van der Waals surface area contributed by atoms with Gasteiger partial charge in [-0.2, -0.15) is 0 Å². The second-order valence-electron chi connectivity index (χ2n) is 3.46. The second kappa shape index (κ2) is 4.86. The Morgan fingerprint density at radius 1 is 1.33 bits per heavy atom. The number of aliphatic hydroxyl groups excluding tert-OH is 4. The summed E-state index contributed by atoms with van der Waals surface area (Å²) in [6.07, 6.45) is -5.24.